The molecule has 1 amide bonds. The number of likely N-dealkylation sites (N-methyl/N-ethyl adjacent to an activating group) is 1. The maximum absolute atomic E-state index is 12.4. The summed E-state index contributed by atoms with van der Waals surface area (Å²) in [6, 6.07) is 5.89. The molecule has 0 fully saturated rings. The molecule has 23 heavy (non-hydrogen) atoms. The summed E-state index contributed by atoms with van der Waals surface area (Å²) >= 11 is 5.76. The number of nitrogens with zero attached hydrogens (tertiary/aromatic N) is 1. The molecule has 0 spiro atoms. The van der Waals surface area contributed by atoms with E-state index in [1.165, 1.54) is 31.3 Å². The molecule has 1 aliphatic rings. The van der Waals surface area contributed by atoms with Gasteiger partial charge in [0.15, 0.2) is 0 Å². The number of hydrogen-bond donors (Lipinski definition) is 1. The van der Waals surface area contributed by atoms with Crippen molar-refractivity contribution in [1.29, 1.82) is 0 Å². The minimum Gasteiger partial charge on any atom is -0.355 e. The van der Waals surface area contributed by atoms with E-state index in [0.29, 0.717) is 17.5 Å². The fourth-order valence-corrected chi connectivity index (χ4v) is 3.68. The molecular formula is C16H21ClN2O3S. The van der Waals surface area contributed by atoms with Gasteiger partial charge in [-0.2, -0.15) is 4.31 Å². The summed E-state index contributed by atoms with van der Waals surface area (Å²) in [6.45, 7) is 0.380. The summed E-state index contributed by atoms with van der Waals surface area (Å²) in [5.41, 5.74) is 0. The Morgan fingerprint density at radius 1 is 1.30 bits per heavy atom. The molecule has 0 radical (unpaired) electrons. The maximum atomic E-state index is 12.4. The molecule has 1 aromatic carbocycles. The van der Waals surface area contributed by atoms with Crippen LogP contribution in [0.3, 0.4) is 0 Å². The number of sulfonamides is 1. The molecule has 5 nitrogen and oxygen atoms in total. The lowest BCUT2D eigenvalue weighted by Crippen LogP contribution is -2.40. The molecule has 0 bridgehead atoms. The van der Waals surface area contributed by atoms with Crippen LogP contribution < -0.4 is 5.32 Å². The first kappa shape index (κ1) is 18.0. The van der Waals surface area contributed by atoms with E-state index >= 15 is 0 Å². The third kappa shape index (κ3) is 5.06. The fourth-order valence-electron chi connectivity index (χ4n) is 2.43. The molecule has 0 heterocycles. The highest BCUT2D eigenvalue weighted by Crippen LogP contribution is 2.18. The van der Waals surface area contributed by atoms with Gasteiger partial charge in [-0.3, -0.25) is 4.79 Å². The van der Waals surface area contributed by atoms with E-state index in [1.807, 2.05) is 0 Å². The second-order valence-electron chi connectivity index (χ2n) is 5.67. The van der Waals surface area contributed by atoms with Crippen LogP contribution in [0.15, 0.2) is 41.3 Å². The molecule has 126 valence electrons. The highest BCUT2D eigenvalue weighted by molar-refractivity contribution is 7.89. The van der Waals surface area contributed by atoms with Crippen molar-refractivity contribution in [2.75, 3.05) is 20.1 Å². The van der Waals surface area contributed by atoms with Crippen molar-refractivity contribution in [2.45, 2.75) is 24.2 Å². The number of rotatable bonds is 6. The number of allylic oxidation sites excluding steroid dienone is 2. The van der Waals surface area contributed by atoms with Crippen molar-refractivity contribution in [3.63, 3.8) is 0 Å². The van der Waals surface area contributed by atoms with Crippen LogP contribution in [0.2, 0.25) is 5.02 Å². The van der Waals surface area contributed by atoms with E-state index in [1.54, 1.807) is 0 Å². The molecular weight excluding hydrogens is 336 g/mol. The molecule has 1 atom stereocenters. The minimum absolute atomic E-state index is 0.120. The van der Waals surface area contributed by atoms with Crippen molar-refractivity contribution in [1.82, 2.24) is 9.62 Å². The number of carbonyl (C=O) groups is 1. The first-order chi connectivity index (χ1) is 10.9. The summed E-state index contributed by atoms with van der Waals surface area (Å²) in [5.74, 6) is 0.140. The third-order valence-corrected chi connectivity index (χ3v) is 5.92. The Bertz CT molecular complexity index is 671. The number of amides is 1. The molecule has 1 aromatic rings. The Morgan fingerprint density at radius 3 is 2.61 bits per heavy atom. The van der Waals surface area contributed by atoms with Crippen molar-refractivity contribution in [3.05, 3.63) is 41.4 Å². The molecule has 0 saturated heterocycles. The van der Waals surface area contributed by atoms with Crippen molar-refractivity contribution in [2.24, 2.45) is 5.92 Å². The van der Waals surface area contributed by atoms with Crippen LogP contribution in [0.4, 0.5) is 0 Å². The smallest absolute Gasteiger partial charge is 0.243 e. The lowest BCUT2D eigenvalue weighted by Gasteiger charge is -2.20. The molecule has 0 aliphatic heterocycles. The molecule has 1 unspecified atom stereocenters. The maximum Gasteiger partial charge on any atom is 0.243 e. The average Bonchev–Trinajstić information content (AvgIpc) is 2.54. The number of halogens is 1. The second-order valence-corrected chi connectivity index (χ2v) is 8.15. The van der Waals surface area contributed by atoms with Crippen LogP contribution >= 0.6 is 11.6 Å². The van der Waals surface area contributed by atoms with E-state index in [9.17, 15) is 13.2 Å². The van der Waals surface area contributed by atoms with Crippen LogP contribution in [0.5, 0.6) is 0 Å². The molecule has 2 rings (SSSR count). The van der Waals surface area contributed by atoms with E-state index in [-0.39, 0.29) is 17.3 Å². The van der Waals surface area contributed by atoms with E-state index < -0.39 is 10.0 Å². The van der Waals surface area contributed by atoms with E-state index in [0.717, 1.165) is 23.6 Å². The van der Waals surface area contributed by atoms with Crippen molar-refractivity contribution in [3.8, 4) is 0 Å². The Kier molecular flexibility index (Phi) is 6.21. The average molecular weight is 357 g/mol. The fraction of sp³-hybridized carbons (Fsp3) is 0.438. The van der Waals surface area contributed by atoms with Crippen LogP contribution in [-0.2, 0) is 14.8 Å². The molecule has 0 aromatic heterocycles. The second kappa shape index (κ2) is 7.95. The number of carbonyl (C=O) groups excluding carboxylic acids is 1. The Hall–Kier alpha value is -1.37. The van der Waals surface area contributed by atoms with Gasteiger partial charge in [0, 0.05) is 18.6 Å². The van der Waals surface area contributed by atoms with Gasteiger partial charge in [-0.15, -0.1) is 0 Å². The SMILES string of the molecule is CN(CC(=O)NCC1CC=CCC1)S(=O)(=O)c1ccc(Cl)cc1. The first-order valence-corrected chi connectivity index (χ1v) is 9.35. The zero-order chi connectivity index (χ0) is 16.9. The summed E-state index contributed by atoms with van der Waals surface area (Å²) < 4.78 is 25.8. The number of hydrogen-bond acceptors (Lipinski definition) is 3. The summed E-state index contributed by atoms with van der Waals surface area (Å²) in [7, 11) is -2.30. The standard InChI is InChI=1S/C16H21ClN2O3S/c1-19(23(21,22)15-9-7-14(17)8-10-15)12-16(20)18-11-13-5-3-2-4-6-13/h2-3,7-10,13H,4-6,11-12H2,1H3,(H,18,20). The predicted octanol–water partition coefficient (Wildman–Crippen LogP) is 2.43. The monoisotopic (exact) mass is 356 g/mol. The van der Waals surface area contributed by atoms with Crippen LogP contribution in [-0.4, -0.2) is 38.8 Å². The normalized spacial score (nSPS) is 18.1. The number of benzene rings is 1. The van der Waals surface area contributed by atoms with Crippen LogP contribution in [0.25, 0.3) is 0 Å². The van der Waals surface area contributed by atoms with Gasteiger partial charge in [0.25, 0.3) is 0 Å². The zero-order valence-corrected chi connectivity index (χ0v) is 14.6. The van der Waals surface area contributed by atoms with Crippen molar-refractivity contribution >= 4 is 27.5 Å². The quantitative estimate of drug-likeness (QED) is 0.796. The summed E-state index contributed by atoms with van der Waals surface area (Å²) in [4.78, 5) is 12.1. The van der Waals surface area contributed by atoms with Gasteiger partial charge < -0.3 is 5.32 Å². The Balaban J connectivity index is 1.89. The lowest BCUT2D eigenvalue weighted by molar-refractivity contribution is -0.121. The lowest BCUT2D eigenvalue weighted by atomic mass is 9.94. The van der Waals surface area contributed by atoms with Crippen molar-refractivity contribution < 1.29 is 13.2 Å². The third-order valence-electron chi connectivity index (χ3n) is 3.85. The van der Waals surface area contributed by atoms with E-state index in [2.05, 4.69) is 17.5 Å². The Morgan fingerprint density at radius 2 is 2.00 bits per heavy atom. The van der Waals surface area contributed by atoms with Gasteiger partial charge >= 0.3 is 0 Å². The highest BCUT2D eigenvalue weighted by Gasteiger charge is 2.23. The minimum atomic E-state index is -3.69. The zero-order valence-electron chi connectivity index (χ0n) is 13.0. The highest BCUT2D eigenvalue weighted by atomic mass is 35.5. The topological polar surface area (TPSA) is 66.5 Å². The predicted molar refractivity (Wildman–Crippen MR) is 90.8 cm³/mol. The molecule has 1 aliphatic carbocycles. The summed E-state index contributed by atoms with van der Waals surface area (Å²) in [6.07, 6.45) is 7.31. The molecule has 7 heteroatoms. The number of nitrogens with one attached hydrogen (secondary N) is 1. The molecule has 0 saturated carbocycles. The Labute approximate surface area is 142 Å². The summed E-state index contributed by atoms with van der Waals surface area (Å²) in [5, 5.41) is 3.28. The van der Waals surface area contributed by atoms with Gasteiger partial charge in [-0.05, 0) is 49.4 Å². The molecule has 1 N–H and O–H groups in total. The van der Waals surface area contributed by atoms with Crippen LogP contribution in [0.1, 0.15) is 19.3 Å². The van der Waals surface area contributed by atoms with Gasteiger partial charge in [-0.1, -0.05) is 23.8 Å². The largest absolute Gasteiger partial charge is 0.355 e. The first-order valence-electron chi connectivity index (χ1n) is 7.53. The van der Waals surface area contributed by atoms with Gasteiger partial charge in [0.1, 0.15) is 0 Å². The van der Waals surface area contributed by atoms with Gasteiger partial charge in [0.05, 0.1) is 11.4 Å². The van der Waals surface area contributed by atoms with Gasteiger partial charge in [-0.25, -0.2) is 8.42 Å². The van der Waals surface area contributed by atoms with E-state index in [4.69, 9.17) is 11.6 Å². The van der Waals surface area contributed by atoms with Gasteiger partial charge in [0.2, 0.25) is 15.9 Å². The van der Waals surface area contributed by atoms with Crippen LogP contribution in [0, 0.1) is 5.92 Å².